The lowest BCUT2D eigenvalue weighted by molar-refractivity contribution is -0.120. The molecule has 0 aliphatic rings. The third-order valence-electron chi connectivity index (χ3n) is 4.13. The lowest BCUT2D eigenvalue weighted by atomic mass is 10.0. The van der Waals surface area contributed by atoms with Crippen LogP contribution in [0.2, 0.25) is 0 Å². The van der Waals surface area contributed by atoms with E-state index in [4.69, 9.17) is 4.74 Å². The molecule has 0 atom stereocenters. The predicted molar refractivity (Wildman–Crippen MR) is 102 cm³/mol. The van der Waals surface area contributed by atoms with Gasteiger partial charge in [0.1, 0.15) is 5.75 Å². The highest BCUT2D eigenvalue weighted by molar-refractivity contribution is 6.02. The third-order valence-corrected chi connectivity index (χ3v) is 4.13. The Labute approximate surface area is 153 Å². The zero-order valence-electron chi connectivity index (χ0n) is 14.8. The molecule has 8 nitrogen and oxygen atoms in total. The summed E-state index contributed by atoms with van der Waals surface area (Å²) in [5.74, 6) is 0.144. The minimum Gasteiger partial charge on any atom is -0.496 e. The lowest BCUT2D eigenvalue weighted by Gasteiger charge is -2.08. The normalized spacial score (nSPS) is 11.0. The van der Waals surface area contributed by atoms with Crippen LogP contribution in [-0.4, -0.2) is 29.2 Å². The number of aryl methyl sites for hydroxylation is 1. The van der Waals surface area contributed by atoms with Gasteiger partial charge in [-0.25, -0.2) is 10.2 Å². The summed E-state index contributed by atoms with van der Waals surface area (Å²) in [4.78, 5) is 39.7. The first-order valence-corrected chi connectivity index (χ1v) is 8.19. The number of hydrazone groups is 1. The number of carbonyl (C=O) groups is 1. The highest BCUT2D eigenvalue weighted by Gasteiger charge is 2.11. The number of ether oxygens (including phenoxy) is 1. The summed E-state index contributed by atoms with van der Waals surface area (Å²) in [6, 6.07) is 11.5. The van der Waals surface area contributed by atoms with Gasteiger partial charge in [0.05, 0.1) is 19.7 Å². The van der Waals surface area contributed by atoms with E-state index in [1.54, 1.807) is 14.0 Å². The topological polar surface area (TPSA) is 116 Å². The van der Waals surface area contributed by atoms with Gasteiger partial charge in [0.2, 0.25) is 5.91 Å². The van der Waals surface area contributed by atoms with Gasteiger partial charge in [-0.15, -0.1) is 0 Å². The Morgan fingerprint density at radius 2 is 1.96 bits per heavy atom. The molecule has 0 saturated carbocycles. The Morgan fingerprint density at radius 3 is 2.70 bits per heavy atom. The summed E-state index contributed by atoms with van der Waals surface area (Å²) in [5.41, 5.74) is 2.46. The monoisotopic (exact) mass is 366 g/mol. The van der Waals surface area contributed by atoms with Crippen molar-refractivity contribution in [2.45, 2.75) is 13.3 Å². The van der Waals surface area contributed by atoms with Crippen LogP contribution in [0.15, 0.2) is 51.1 Å². The Bertz CT molecular complexity index is 1140. The van der Waals surface area contributed by atoms with Crippen LogP contribution in [0.3, 0.4) is 0 Å². The number of fused-ring (bicyclic) bond motifs is 1. The summed E-state index contributed by atoms with van der Waals surface area (Å²) in [6.45, 7) is 1.56. The van der Waals surface area contributed by atoms with Crippen molar-refractivity contribution in [1.29, 1.82) is 0 Å². The number of hydrogen-bond acceptors (Lipinski definition) is 5. The number of nitrogens with one attached hydrogen (secondary N) is 3. The molecule has 0 saturated heterocycles. The quantitative estimate of drug-likeness (QED) is 0.465. The average molecular weight is 366 g/mol. The van der Waals surface area contributed by atoms with Crippen molar-refractivity contribution in [3.63, 3.8) is 0 Å². The molecular weight excluding hydrogens is 348 g/mol. The molecule has 1 heterocycles. The molecule has 138 valence electrons. The van der Waals surface area contributed by atoms with Crippen LogP contribution >= 0.6 is 0 Å². The Kier molecular flexibility index (Phi) is 5.16. The number of nitrogens with zero attached hydrogens (tertiary/aromatic N) is 1. The zero-order chi connectivity index (χ0) is 19.4. The molecule has 0 fully saturated rings. The number of amides is 1. The second kappa shape index (κ2) is 7.69. The summed E-state index contributed by atoms with van der Waals surface area (Å²) in [6.07, 6.45) is 1.30. The van der Waals surface area contributed by atoms with Gasteiger partial charge < -0.3 is 9.72 Å². The molecule has 0 bridgehead atoms. The smallest absolute Gasteiger partial charge is 0.325 e. The minimum absolute atomic E-state index is 0.185. The SMILES string of the molecule is COc1ccc2ccccc2c1/C=N\NC(=O)Cc1c(C)[nH]c(=O)[nH]c1=O. The maximum absolute atomic E-state index is 12.1. The van der Waals surface area contributed by atoms with Crippen LogP contribution in [0.1, 0.15) is 16.8 Å². The van der Waals surface area contributed by atoms with E-state index >= 15 is 0 Å². The van der Waals surface area contributed by atoms with E-state index in [0.29, 0.717) is 11.4 Å². The molecule has 27 heavy (non-hydrogen) atoms. The van der Waals surface area contributed by atoms with E-state index in [1.165, 1.54) is 6.21 Å². The first-order valence-electron chi connectivity index (χ1n) is 8.19. The van der Waals surface area contributed by atoms with Crippen molar-refractivity contribution in [2.75, 3.05) is 7.11 Å². The van der Waals surface area contributed by atoms with Gasteiger partial charge in [0.25, 0.3) is 5.56 Å². The van der Waals surface area contributed by atoms with Crippen LogP contribution in [0.25, 0.3) is 10.8 Å². The van der Waals surface area contributed by atoms with Crippen LogP contribution in [0, 0.1) is 6.92 Å². The van der Waals surface area contributed by atoms with Crippen LogP contribution in [0.4, 0.5) is 0 Å². The molecular formula is C19H18N4O4. The molecule has 0 spiro atoms. The summed E-state index contributed by atoms with van der Waals surface area (Å²) >= 11 is 0. The Hall–Kier alpha value is -3.68. The van der Waals surface area contributed by atoms with E-state index in [9.17, 15) is 14.4 Å². The molecule has 0 radical (unpaired) electrons. The number of carbonyl (C=O) groups excluding carboxylic acids is 1. The third kappa shape index (κ3) is 3.95. The van der Waals surface area contributed by atoms with Crippen molar-refractivity contribution in [3.8, 4) is 5.75 Å². The van der Waals surface area contributed by atoms with Crippen molar-refractivity contribution in [2.24, 2.45) is 5.10 Å². The first-order chi connectivity index (χ1) is 13.0. The molecule has 8 heteroatoms. The van der Waals surface area contributed by atoms with E-state index < -0.39 is 17.2 Å². The van der Waals surface area contributed by atoms with Gasteiger partial charge in [-0.2, -0.15) is 5.10 Å². The fourth-order valence-electron chi connectivity index (χ4n) is 2.79. The first kappa shape index (κ1) is 18.1. The fourth-order valence-corrected chi connectivity index (χ4v) is 2.79. The number of methoxy groups -OCH3 is 1. The molecule has 0 aliphatic carbocycles. The summed E-state index contributed by atoms with van der Waals surface area (Å²) < 4.78 is 5.37. The average Bonchev–Trinajstić information content (AvgIpc) is 2.64. The molecule has 1 amide bonds. The maximum atomic E-state index is 12.1. The summed E-state index contributed by atoms with van der Waals surface area (Å²) in [7, 11) is 1.56. The summed E-state index contributed by atoms with van der Waals surface area (Å²) in [5, 5.41) is 5.93. The van der Waals surface area contributed by atoms with Crippen LogP contribution < -0.4 is 21.4 Å². The standard InChI is InChI=1S/C19H18N4O4/c1-11-14(18(25)22-19(26)21-11)9-17(24)23-20-10-15-13-6-4-3-5-12(13)7-8-16(15)27-2/h3-8,10H,9H2,1-2H3,(H,23,24)(H2,21,22,25,26)/b20-10-. The Balaban J connectivity index is 1.80. The van der Waals surface area contributed by atoms with Gasteiger partial charge in [-0.3, -0.25) is 14.6 Å². The van der Waals surface area contributed by atoms with Crippen molar-refractivity contribution in [3.05, 3.63) is 74.1 Å². The van der Waals surface area contributed by atoms with Gasteiger partial charge in [0, 0.05) is 16.8 Å². The number of aromatic amines is 2. The highest BCUT2D eigenvalue weighted by atomic mass is 16.5. The number of H-pyrrole nitrogens is 2. The highest BCUT2D eigenvalue weighted by Crippen LogP contribution is 2.26. The molecule has 0 aliphatic heterocycles. The van der Waals surface area contributed by atoms with Crippen molar-refractivity contribution < 1.29 is 9.53 Å². The zero-order valence-corrected chi connectivity index (χ0v) is 14.8. The van der Waals surface area contributed by atoms with E-state index in [0.717, 1.165) is 16.3 Å². The van der Waals surface area contributed by atoms with Gasteiger partial charge in [-0.1, -0.05) is 30.3 Å². The molecule has 3 rings (SSSR count). The lowest BCUT2D eigenvalue weighted by Crippen LogP contribution is -2.30. The van der Waals surface area contributed by atoms with Crippen LogP contribution in [0.5, 0.6) is 5.75 Å². The number of rotatable bonds is 5. The molecule has 3 aromatic rings. The van der Waals surface area contributed by atoms with Gasteiger partial charge in [-0.05, 0) is 23.8 Å². The number of hydrogen-bond donors (Lipinski definition) is 3. The predicted octanol–water partition coefficient (Wildman–Crippen LogP) is 1.23. The molecule has 0 unspecified atom stereocenters. The molecule has 3 N–H and O–H groups in total. The van der Waals surface area contributed by atoms with Crippen molar-refractivity contribution >= 4 is 22.9 Å². The molecule has 1 aromatic heterocycles. The number of benzene rings is 2. The minimum atomic E-state index is -0.609. The van der Waals surface area contributed by atoms with E-state index in [2.05, 4.69) is 20.5 Å². The van der Waals surface area contributed by atoms with Gasteiger partial charge >= 0.3 is 5.69 Å². The van der Waals surface area contributed by atoms with Crippen molar-refractivity contribution in [1.82, 2.24) is 15.4 Å². The largest absolute Gasteiger partial charge is 0.496 e. The van der Waals surface area contributed by atoms with Crippen LogP contribution in [-0.2, 0) is 11.2 Å². The number of aromatic nitrogens is 2. The fraction of sp³-hybridized carbons (Fsp3) is 0.158. The van der Waals surface area contributed by atoms with E-state index in [-0.39, 0.29) is 12.0 Å². The Morgan fingerprint density at radius 1 is 1.19 bits per heavy atom. The van der Waals surface area contributed by atoms with E-state index in [1.807, 2.05) is 36.4 Å². The molecule has 2 aromatic carbocycles. The second-order valence-electron chi connectivity index (χ2n) is 5.88. The second-order valence-corrected chi connectivity index (χ2v) is 5.88. The maximum Gasteiger partial charge on any atom is 0.325 e. The van der Waals surface area contributed by atoms with Gasteiger partial charge in [0.15, 0.2) is 0 Å².